The van der Waals surface area contributed by atoms with E-state index in [0.29, 0.717) is 30.5 Å². The first-order chi connectivity index (χ1) is 11.4. The van der Waals surface area contributed by atoms with Gasteiger partial charge in [0.15, 0.2) is 0 Å². The van der Waals surface area contributed by atoms with Gasteiger partial charge in [0.05, 0.1) is 5.92 Å². The summed E-state index contributed by atoms with van der Waals surface area (Å²) in [7, 11) is 0. The lowest BCUT2D eigenvalue weighted by Crippen LogP contribution is -2.31. The van der Waals surface area contributed by atoms with E-state index in [2.05, 4.69) is 6.92 Å². The molecule has 1 aromatic rings. The summed E-state index contributed by atoms with van der Waals surface area (Å²) in [6.45, 7) is 3.06. The number of carbonyl (C=O) groups is 2. The van der Waals surface area contributed by atoms with Crippen molar-refractivity contribution in [3.05, 3.63) is 34.9 Å². The van der Waals surface area contributed by atoms with Gasteiger partial charge < -0.3 is 10.0 Å². The fraction of sp³-hybridized carbons (Fsp3) is 0.579. The topological polar surface area (TPSA) is 57.6 Å². The zero-order valence-corrected chi connectivity index (χ0v) is 14.7. The maximum Gasteiger partial charge on any atom is 0.308 e. The quantitative estimate of drug-likeness (QED) is 0.855. The summed E-state index contributed by atoms with van der Waals surface area (Å²) in [6.07, 6.45) is 3.52. The summed E-state index contributed by atoms with van der Waals surface area (Å²) in [5.41, 5.74) is 1.17. The molecule has 130 valence electrons. The van der Waals surface area contributed by atoms with Gasteiger partial charge in [-0.2, -0.15) is 0 Å². The number of rotatable bonds is 6. The highest BCUT2D eigenvalue weighted by Crippen LogP contribution is 2.44. The first-order valence-electron chi connectivity index (χ1n) is 8.69. The lowest BCUT2D eigenvalue weighted by Gasteiger charge is -2.19. The van der Waals surface area contributed by atoms with E-state index in [9.17, 15) is 14.7 Å². The van der Waals surface area contributed by atoms with E-state index in [0.717, 1.165) is 19.3 Å². The minimum absolute atomic E-state index is 0.0888. The highest BCUT2D eigenvalue weighted by Gasteiger charge is 2.46. The summed E-state index contributed by atoms with van der Waals surface area (Å²) < 4.78 is 0. The molecule has 1 aliphatic heterocycles. The van der Waals surface area contributed by atoms with E-state index in [4.69, 9.17) is 11.6 Å². The van der Waals surface area contributed by atoms with Crippen LogP contribution >= 0.6 is 11.6 Å². The first-order valence-corrected chi connectivity index (χ1v) is 9.07. The number of carboxylic acid groups (broad SMARTS) is 1. The second-order valence-electron chi connectivity index (χ2n) is 7.38. The van der Waals surface area contributed by atoms with Crippen LogP contribution in [-0.2, 0) is 16.0 Å². The second-order valence-corrected chi connectivity index (χ2v) is 7.82. The molecular formula is C19H24ClNO3. The monoisotopic (exact) mass is 349 g/mol. The van der Waals surface area contributed by atoms with Gasteiger partial charge in [-0.15, -0.1) is 0 Å². The molecule has 3 rings (SSSR count). The number of nitrogens with zero attached hydrogens (tertiary/aromatic N) is 1. The van der Waals surface area contributed by atoms with Gasteiger partial charge in [0, 0.05) is 24.5 Å². The number of likely N-dealkylation sites (tertiary alicyclic amines) is 1. The van der Waals surface area contributed by atoms with Crippen LogP contribution in [-0.4, -0.2) is 35.0 Å². The molecule has 1 aromatic carbocycles. The summed E-state index contributed by atoms with van der Waals surface area (Å²) in [6, 6.07) is 7.71. The lowest BCUT2D eigenvalue weighted by molar-refractivity contribution is -0.142. The van der Waals surface area contributed by atoms with E-state index >= 15 is 0 Å². The number of hydrogen-bond donors (Lipinski definition) is 1. The van der Waals surface area contributed by atoms with Crippen LogP contribution in [0.4, 0.5) is 0 Å². The molecule has 24 heavy (non-hydrogen) atoms. The predicted octanol–water partition coefficient (Wildman–Crippen LogP) is 3.48. The Kier molecular flexibility index (Phi) is 5.14. The maximum absolute atomic E-state index is 12.6. The van der Waals surface area contributed by atoms with Gasteiger partial charge in [0.1, 0.15) is 0 Å². The minimum atomic E-state index is -0.753. The molecule has 0 aromatic heterocycles. The van der Waals surface area contributed by atoms with Crippen molar-refractivity contribution in [1.82, 2.24) is 4.90 Å². The first kappa shape index (κ1) is 17.3. The van der Waals surface area contributed by atoms with Crippen molar-refractivity contribution < 1.29 is 14.7 Å². The Morgan fingerprint density at radius 3 is 2.50 bits per heavy atom. The summed E-state index contributed by atoms with van der Waals surface area (Å²) in [5.74, 6) is -0.161. The Hall–Kier alpha value is -1.55. The largest absolute Gasteiger partial charge is 0.481 e. The molecule has 1 N–H and O–H groups in total. The van der Waals surface area contributed by atoms with Crippen LogP contribution in [0.5, 0.6) is 0 Å². The van der Waals surface area contributed by atoms with E-state index in [-0.39, 0.29) is 23.7 Å². The normalized spacial score (nSPS) is 24.8. The highest BCUT2D eigenvalue weighted by atomic mass is 35.5. The third kappa shape index (κ3) is 4.10. The molecule has 3 atom stereocenters. The van der Waals surface area contributed by atoms with E-state index in [1.54, 1.807) is 4.90 Å². The van der Waals surface area contributed by atoms with Gasteiger partial charge in [0.2, 0.25) is 5.91 Å². The van der Waals surface area contributed by atoms with E-state index in [1.807, 2.05) is 24.3 Å². The standard InChI is InChI=1S/C19H24ClNO3/c1-12(8-13-2-6-15(20)7-3-13)9-18(22)21-10-16(14-4-5-14)17(11-21)19(23)24/h2-3,6-7,12,14,16-17H,4-5,8-11H2,1H3,(H,23,24)/t12?,16-,17+/m1/s1. The molecule has 1 aliphatic carbocycles. The Labute approximate surface area is 147 Å². The fourth-order valence-electron chi connectivity index (χ4n) is 3.82. The van der Waals surface area contributed by atoms with Crippen LogP contribution in [0.3, 0.4) is 0 Å². The van der Waals surface area contributed by atoms with Gasteiger partial charge >= 0.3 is 5.97 Å². The summed E-state index contributed by atoms with van der Waals surface area (Å²) in [4.78, 5) is 25.8. The highest BCUT2D eigenvalue weighted by molar-refractivity contribution is 6.30. The number of benzene rings is 1. The van der Waals surface area contributed by atoms with Crippen LogP contribution in [0, 0.1) is 23.7 Å². The predicted molar refractivity (Wildman–Crippen MR) is 92.9 cm³/mol. The van der Waals surface area contributed by atoms with Gasteiger partial charge in [-0.3, -0.25) is 9.59 Å². The third-order valence-corrected chi connectivity index (χ3v) is 5.54. The van der Waals surface area contributed by atoms with Crippen molar-refractivity contribution in [2.75, 3.05) is 13.1 Å². The van der Waals surface area contributed by atoms with Crippen molar-refractivity contribution in [3.63, 3.8) is 0 Å². The van der Waals surface area contributed by atoms with Crippen LogP contribution < -0.4 is 0 Å². The minimum Gasteiger partial charge on any atom is -0.481 e. The number of carboxylic acids is 1. The number of carbonyl (C=O) groups excluding carboxylic acids is 1. The smallest absolute Gasteiger partial charge is 0.308 e. The van der Waals surface area contributed by atoms with Crippen molar-refractivity contribution in [1.29, 1.82) is 0 Å². The molecule has 1 amide bonds. The summed E-state index contributed by atoms with van der Waals surface area (Å²) >= 11 is 5.89. The second kappa shape index (κ2) is 7.14. The number of aliphatic carboxylic acids is 1. The van der Waals surface area contributed by atoms with Crippen molar-refractivity contribution in [2.45, 2.75) is 32.6 Å². The fourth-order valence-corrected chi connectivity index (χ4v) is 3.94. The third-order valence-electron chi connectivity index (χ3n) is 5.28. The lowest BCUT2D eigenvalue weighted by atomic mass is 9.92. The molecule has 5 heteroatoms. The Bertz CT molecular complexity index is 612. The van der Waals surface area contributed by atoms with Crippen LogP contribution in [0.1, 0.15) is 31.7 Å². The Morgan fingerprint density at radius 1 is 1.25 bits per heavy atom. The molecule has 1 heterocycles. The molecule has 0 radical (unpaired) electrons. The molecular weight excluding hydrogens is 326 g/mol. The molecule has 1 saturated carbocycles. The molecule has 2 fully saturated rings. The van der Waals surface area contributed by atoms with Crippen molar-refractivity contribution >= 4 is 23.5 Å². The van der Waals surface area contributed by atoms with Gasteiger partial charge in [-0.05, 0) is 54.7 Å². The molecule has 2 aliphatic rings. The number of hydrogen-bond acceptors (Lipinski definition) is 2. The van der Waals surface area contributed by atoms with Crippen LogP contribution in [0.15, 0.2) is 24.3 Å². The van der Waals surface area contributed by atoms with Crippen LogP contribution in [0.2, 0.25) is 5.02 Å². The van der Waals surface area contributed by atoms with E-state index < -0.39 is 5.97 Å². The number of halogens is 1. The van der Waals surface area contributed by atoms with Crippen LogP contribution in [0.25, 0.3) is 0 Å². The maximum atomic E-state index is 12.6. The van der Waals surface area contributed by atoms with Gasteiger partial charge in [-0.25, -0.2) is 0 Å². The molecule has 0 bridgehead atoms. The SMILES string of the molecule is CC(CC(=O)N1C[C@H](C(=O)O)[C@@H](C2CC2)C1)Cc1ccc(Cl)cc1. The van der Waals surface area contributed by atoms with Crippen molar-refractivity contribution in [2.24, 2.45) is 23.7 Å². The van der Waals surface area contributed by atoms with Gasteiger partial charge in [0.25, 0.3) is 0 Å². The number of amides is 1. The molecule has 0 spiro atoms. The molecule has 1 saturated heterocycles. The zero-order valence-electron chi connectivity index (χ0n) is 14.0. The Morgan fingerprint density at radius 2 is 1.92 bits per heavy atom. The molecule has 1 unspecified atom stereocenters. The van der Waals surface area contributed by atoms with Crippen molar-refractivity contribution in [3.8, 4) is 0 Å². The van der Waals surface area contributed by atoms with E-state index in [1.165, 1.54) is 5.56 Å². The summed E-state index contributed by atoms with van der Waals surface area (Å²) in [5, 5.41) is 10.1. The average molecular weight is 350 g/mol. The zero-order chi connectivity index (χ0) is 17.3. The van der Waals surface area contributed by atoms with Gasteiger partial charge in [-0.1, -0.05) is 30.7 Å². The molecule has 4 nitrogen and oxygen atoms in total. The average Bonchev–Trinajstić information content (AvgIpc) is 3.27. The Balaban J connectivity index is 1.54.